The Balaban J connectivity index is 1.68. The molecule has 3 aromatic rings. The fourth-order valence-corrected chi connectivity index (χ4v) is 1.99. The molecule has 0 atom stereocenters. The number of nitrogens with zero attached hydrogens (tertiary/aromatic N) is 1. The number of benzene rings is 1. The predicted molar refractivity (Wildman–Crippen MR) is 79.5 cm³/mol. The van der Waals surface area contributed by atoms with Gasteiger partial charge >= 0.3 is 0 Å². The molecule has 0 saturated carbocycles. The van der Waals surface area contributed by atoms with Crippen LogP contribution < -0.4 is 5.32 Å². The smallest absolute Gasteiger partial charge is 0.287 e. The van der Waals surface area contributed by atoms with E-state index in [9.17, 15) is 9.18 Å². The summed E-state index contributed by atoms with van der Waals surface area (Å²) in [6, 6.07) is 14.7. The van der Waals surface area contributed by atoms with Gasteiger partial charge in [-0.1, -0.05) is 6.07 Å². The van der Waals surface area contributed by atoms with Crippen molar-refractivity contribution in [3.8, 4) is 11.3 Å². The number of nitrogens with one attached hydrogen (secondary N) is 1. The fraction of sp³-hybridized carbons (Fsp3) is 0.0588. The molecule has 22 heavy (non-hydrogen) atoms. The van der Waals surface area contributed by atoms with Crippen molar-refractivity contribution >= 4 is 5.91 Å². The van der Waals surface area contributed by atoms with E-state index in [-0.39, 0.29) is 17.5 Å². The summed E-state index contributed by atoms with van der Waals surface area (Å²) >= 11 is 0. The van der Waals surface area contributed by atoms with Gasteiger partial charge in [-0.15, -0.1) is 0 Å². The highest BCUT2D eigenvalue weighted by molar-refractivity contribution is 5.92. The standard InChI is InChI=1S/C17H13FN2O2/c18-13-6-4-12(5-7-13)15-8-9-16(22-15)17(21)20-11-14-3-1-2-10-19-14/h1-10H,11H2,(H,20,21). The molecule has 1 N–H and O–H groups in total. The van der Waals surface area contributed by atoms with Crippen LogP contribution in [0.3, 0.4) is 0 Å². The molecular weight excluding hydrogens is 283 g/mol. The molecule has 0 bridgehead atoms. The molecule has 0 spiro atoms. The maximum Gasteiger partial charge on any atom is 0.287 e. The number of hydrogen-bond donors (Lipinski definition) is 1. The molecule has 0 aliphatic rings. The van der Waals surface area contributed by atoms with Crippen LogP contribution in [-0.2, 0) is 6.54 Å². The lowest BCUT2D eigenvalue weighted by Crippen LogP contribution is -2.22. The van der Waals surface area contributed by atoms with Crippen molar-refractivity contribution in [1.82, 2.24) is 10.3 Å². The zero-order valence-corrected chi connectivity index (χ0v) is 11.6. The van der Waals surface area contributed by atoms with E-state index in [1.54, 1.807) is 30.5 Å². The first-order valence-corrected chi connectivity index (χ1v) is 6.76. The molecule has 0 radical (unpaired) electrons. The number of carbonyl (C=O) groups excluding carboxylic acids is 1. The van der Waals surface area contributed by atoms with Crippen LogP contribution in [0.2, 0.25) is 0 Å². The molecule has 2 heterocycles. The maximum absolute atomic E-state index is 12.9. The van der Waals surface area contributed by atoms with Crippen LogP contribution in [-0.4, -0.2) is 10.9 Å². The average molecular weight is 296 g/mol. The molecule has 1 aromatic carbocycles. The van der Waals surface area contributed by atoms with Gasteiger partial charge in [-0.05, 0) is 48.5 Å². The summed E-state index contributed by atoms with van der Waals surface area (Å²) in [4.78, 5) is 16.1. The number of amides is 1. The summed E-state index contributed by atoms with van der Waals surface area (Å²) < 4.78 is 18.4. The van der Waals surface area contributed by atoms with Gasteiger partial charge in [0, 0.05) is 11.8 Å². The van der Waals surface area contributed by atoms with E-state index in [0.717, 1.165) is 5.69 Å². The first-order valence-electron chi connectivity index (χ1n) is 6.76. The zero-order chi connectivity index (χ0) is 15.4. The van der Waals surface area contributed by atoms with E-state index < -0.39 is 0 Å². The highest BCUT2D eigenvalue weighted by atomic mass is 19.1. The van der Waals surface area contributed by atoms with E-state index in [0.29, 0.717) is 17.9 Å². The number of aromatic nitrogens is 1. The second-order valence-corrected chi connectivity index (χ2v) is 4.67. The quantitative estimate of drug-likeness (QED) is 0.802. The van der Waals surface area contributed by atoms with Crippen LogP contribution in [0.1, 0.15) is 16.2 Å². The SMILES string of the molecule is O=C(NCc1ccccn1)c1ccc(-c2ccc(F)cc2)o1. The summed E-state index contributed by atoms with van der Waals surface area (Å²) in [5.41, 5.74) is 1.48. The highest BCUT2D eigenvalue weighted by Crippen LogP contribution is 2.22. The minimum absolute atomic E-state index is 0.204. The highest BCUT2D eigenvalue weighted by Gasteiger charge is 2.12. The van der Waals surface area contributed by atoms with Gasteiger partial charge < -0.3 is 9.73 Å². The predicted octanol–water partition coefficient (Wildman–Crippen LogP) is 3.41. The minimum Gasteiger partial charge on any atom is -0.451 e. The van der Waals surface area contributed by atoms with Crippen molar-refractivity contribution in [3.05, 3.63) is 78.1 Å². The van der Waals surface area contributed by atoms with E-state index in [2.05, 4.69) is 10.3 Å². The number of pyridine rings is 1. The number of halogens is 1. The second kappa shape index (κ2) is 6.22. The molecule has 110 valence electrons. The van der Waals surface area contributed by atoms with Crippen LogP contribution in [0.15, 0.2) is 65.2 Å². The van der Waals surface area contributed by atoms with Gasteiger partial charge in [-0.3, -0.25) is 9.78 Å². The van der Waals surface area contributed by atoms with Gasteiger partial charge in [0.2, 0.25) is 0 Å². The summed E-state index contributed by atoms with van der Waals surface area (Å²) in [6.45, 7) is 0.326. The Morgan fingerprint density at radius 2 is 1.91 bits per heavy atom. The molecule has 0 unspecified atom stereocenters. The third-order valence-electron chi connectivity index (χ3n) is 3.11. The normalized spacial score (nSPS) is 10.4. The molecule has 2 aromatic heterocycles. The largest absolute Gasteiger partial charge is 0.451 e. The van der Waals surface area contributed by atoms with E-state index in [1.807, 2.05) is 18.2 Å². The maximum atomic E-state index is 12.9. The van der Waals surface area contributed by atoms with Crippen LogP contribution in [0.25, 0.3) is 11.3 Å². The summed E-state index contributed by atoms with van der Waals surface area (Å²) in [5.74, 6) is 0.0842. The molecule has 3 rings (SSSR count). The van der Waals surface area contributed by atoms with Gasteiger partial charge in [0.1, 0.15) is 11.6 Å². The Hall–Kier alpha value is -2.95. The Labute approximate surface area is 126 Å². The summed E-state index contributed by atoms with van der Waals surface area (Å²) in [5, 5.41) is 2.73. The number of hydrogen-bond acceptors (Lipinski definition) is 3. The third-order valence-corrected chi connectivity index (χ3v) is 3.11. The van der Waals surface area contributed by atoms with Crippen molar-refractivity contribution in [2.75, 3.05) is 0 Å². The zero-order valence-electron chi connectivity index (χ0n) is 11.6. The Morgan fingerprint density at radius 1 is 1.09 bits per heavy atom. The Morgan fingerprint density at radius 3 is 2.64 bits per heavy atom. The summed E-state index contributed by atoms with van der Waals surface area (Å²) in [7, 11) is 0. The Kier molecular flexibility index (Phi) is 3.96. The molecule has 0 aliphatic heterocycles. The number of carbonyl (C=O) groups is 1. The molecule has 4 nitrogen and oxygen atoms in total. The first kappa shape index (κ1) is 14.0. The van der Waals surface area contributed by atoms with Gasteiger partial charge in [-0.2, -0.15) is 0 Å². The minimum atomic E-state index is -0.320. The third kappa shape index (κ3) is 3.20. The van der Waals surface area contributed by atoms with E-state index in [1.165, 1.54) is 12.1 Å². The second-order valence-electron chi connectivity index (χ2n) is 4.67. The van der Waals surface area contributed by atoms with E-state index >= 15 is 0 Å². The molecule has 1 amide bonds. The Bertz CT molecular complexity index is 767. The summed E-state index contributed by atoms with van der Waals surface area (Å²) in [6.07, 6.45) is 1.67. The van der Waals surface area contributed by atoms with Gasteiger partial charge in [-0.25, -0.2) is 4.39 Å². The van der Waals surface area contributed by atoms with Crippen molar-refractivity contribution in [3.63, 3.8) is 0 Å². The molecule has 5 heteroatoms. The molecule has 0 fully saturated rings. The van der Waals surface area contributed by atoms with Crippen LogP contribution in [0, 0.1) is 5.82 Å². The van der Waals surface area contributed by atoms with Crippen molar-refractivity contribution < 1.29 is 13.6 Å². The lowest BCUT2D eigenvalue weighted by Gasteiger charge is -2.02. The average Bonchev–Trinajstić information content (AvgIpc) is 3.04. The molecular formula is C17H13FN2O2. The molecule has 0 saturated heterocycles. The van der Waals surface area contributed by atoms with Gasteiger partial charge in [0.25, 0.3) is 5.91 Å². The van der Waals surface area contributed by atoms with Crippen LogP contribution in [0.4, 0.5) is 4.39 Å². The van der Waals surface area contributed by atoms with E-state index in [4.69, 9.17) is 4.42 Å². The van der Waals surface area contributed by atoms with Gasteiger partial charge in [0.15, 0.2) is 5.76 Å². The van der Waals surface area contributed by atoms with Crippen molar-refractivity contribution in [2.24, 2.45) is 0 Å². The van der Waals surface area contributed by atoms with Crippen LogP contribution in [0.5, 0.6) is 0 Å². The lowest BCUT2D eigenvalue weighted by molar-refractivity contribution is 0.0923. The van der Waals surface area contributed by atoms with Crippen molar-refractivity contribution in [1.29, 1.82) is 0 Å². The topological polar surface area (TPSA) is 55.1 Å². The lowest BCUT2D eigenvalue weighted by atomic mass is 10.2. The van der Waals surface area contributed by atoms with Gasteiger partial charge in [0.05, 0.1) is 12.2 Å². The first-order chi connectivity index (χ1) is 10.7. The molecule has 0 aliphatic carbocycles. The van der Waals surface area contributed by atoms with Crippen LogP contribution >= 0.6 is 0 Å². The fourth-order valence-electron chi connectivity index (χ4n) is 1.99. The number of furan rings is 1. The van der Waals surface area contributed by atoms with Crippen molar-refractivity contribution in [2.45, 2.75) is 6.54 Å². The monoisotopic (exact) mass is 296 g/mol. The number of rotatable bonds is 4.